The number of nitrogens with two attached hydrogens (primary N) is 2. The quantitative estimate of drug-likeness (QED) is 0.646. The van der Waals surface area contributed by atoms with Crippen molar-refractivity contribution in [3.8, 4) is 23.3 Å². The van der Waals surface area contributed by atoms with E-state index in [0.717, 1.165) is 5.56 Å². The normalized spacial score (nSPS) is 9.83. The van der Waals surface area contributed by atoms with Gasteiger partial charge in [0, 0.05) is 21.2 Å². The topological polar surface area (TPSA) is 99.6 Å². The second-order valence-electron chi connectivity index (χ2n) is 4.86. The maximum atomic E-state index is 9.27. The molecule has 6 heteroatoms. The lowest BCUT2D eigenvalue weighted by Crippen LogP contribution is -2.02. The second kappa shape index (κ2) is 6.92. The van der Waals surface area contributed by atoms with Crippen LogP contribution in [0.25, 0.3) is 23.3 Å². The lowest BCUT2D eigenvalue weighted by molar-refractivity contribution is 1.44. The molecular weight excluding hydrogens is 432 g/mol. The van der Waals surface area contributed by atoms with Gasteiger partial charge in [-0.15, -0.1) is 0 Å². The fourth-order valence-electron chi connectivity index (χ4n) is 2.44. The summed E-state index contributed by atoms with van der Waals surface area (Å²) in [6.07, 6.45) is 3.22. The molecule has 0 spiro atoms. The van der Waals surface area contributed by atoms with Crippen molar-refractivity contribution in [3.05, 3.63) is 56.5 Å². The molecular formula is C18H12Br2N4. The van der Waals surface area contributed by atoms with Gasteiger partial charge in [0.05, 0.1) is 27.0 Å². The van der Waals surface area contributed by atoms with Crippen LogP contribution in [0.1, 0.15) is 22.3 Å². The number of nitrogen functional groups attached to an aromatic ring is 2. The third kappa shape index (κ3) is 2.71. The van der Waals surface area contributed by atoms with Gasteiger partial charge in [-0.2, -0.15) is 10.5 Å². The van der Waals surface area contributed by atoms with E-state index in [2.05, 4.69) is 51.1 Å². The molecule has 4 N–H and O–H groups in total. The van der Waals surface area contributed by atoms with Crippen molar-refractivity contribution in [1.82, 2.24) is 0 Å². The Balaban J connectivity index is 3.04. The molecule has 0 saturated carbocycles. The first-order chi connectivity index (χ1) is 11.4. The summed E-state index contributed by atoms with van der Waals surface area (Å²) < 4.78 is 1.22. The number of rotatable bonds is 3. The summed E-state index contributed by atoms with van der Waals surface area (Å²) in [5, 5.41) is 18.5. The van der Waals surface area contributed by atoms with E-state index in [-0.39, 0.29) is 0 Å². The van der Waals surface area contributed by atoms with E-state index in [1.807, 2.05) is 6.07 Å². The van der Waals surface area contributed by atoms with Crippen LogP contribution in [-0.4, -0.2) is 0 Å². The van der Waals surface area contributed by atoms with Crippen molar-refractivity contribution in [2.24, 2.45) is 0 Å². The summed E-state index contributed by atoms with van der Waals surface area (Å²) in [6.45, 7) is 7.62. The van der Waals surface area contributed by atoms with Crippen LogP contribution in [0.15, 0.2) is 34.2 Å². The smallest absolute Gasteiger partial charge is 0.101 e. The Hall–Kier alpha value is -2.54. The molecule has 0 bridgehead atoms. The largest absolute Gasteiger partial charge is 0.397 e. The number of anilines is 2. The van der Waals surface area contributed by atoms with Gasteiger partial charge in [0.25, 0.3) is 0 Å². The van der Waals surface area contributed by atoms with E-state index < -0.39 is 0 Å². The third-order valence-corrected chi connectivity index (χ3v) is 5.06. The molecule has 24 heavy (non-hydrogen) atoms. The molecule has 4 nitrogen and oxygen atoms in total. The Morgan fingerprint density at radius 2 is 1.50 bits per heavy atom. The molecule has 118 valence electrons. The van der Waals surface area contributed by atoms with Crippen molar-refractivity contribution in [2.45, 2.75) is 0 Å². The van der Waals surface area contributed by atoms with Crippen molar-refractivity contribution >= 4 is 55.4 Å². The van der Waals surface area contributed by atoms with Gasteiger partial charge in [-0.3, -0.25) is 0 Å². The molecule has 0 amide bonds. The highest BCUT2D eigenvalue weighted by Gasteiger charge is 2.21. The molecule has 0 atom stereocenters. The van der Waals surface area contributed by atoms with Crippen LogP contribution < -0.4 is 11.5 Å². The molecule has 0 fully saturated rings. The lowest BCUT2D eigenvalue weighted by Gasteiger charge is -2.18. The minimum absolute atomic E-state index is 0.323. The number of nitriles is 2. The molecule has 0 aliphatic carbocycles. The van der Waals surface area contributed by atoms with E-state index in [1.54, 1.807) is 24.3 Å². The number of nitrogens with zero attached hydrogens (tertiary/aromatic N) is 2. The van der Waals surface area contributed by atoms with Crippen LogP contribution in [0.4, 0.5) is 11.4 Å². The first-order valence-electron chi connectivity index (χ1n) is 6.70. The van der Waals surface area contributed by atoms with E-state index in [9.17, 15) is 10.5 Å². The number of hydrogen-bond acceptors (Lipinski definition) is 4. The van der Waals surface area contributed by atoms with Crippen LogP contribution >= 0.6 is 31.9 Å². The Kier molecular flexibility index (Phi) is 5.14. The molecule has 0 aromatic heterocycles. The number of benzene rings is 2. The first kappa shape index (κ1) is 17.8. The first-order valence-corrected chi connectivity index (χ1v) is 8.29. The van der Waals surface area contributed by atoms with E-state index in [0.29, 0.717) is 48.1 Å². The highest BCUT2D eigenvalue weighted by molar-refractivity contribution is 9.11. The minimum Gasteiger partial charge on any atom is -0.397 e. The Labute approximate surface area is 156 Å². The molecule has 2 aromatic rings. The fraction of sp³-hybridized carbons (Fsp3) is 0. The average molecular weight is 444 g/mol. The highest BCUT2D eigenvalue weighted by Crippen LogP contribution is 2.45. The zero-order chi connectivity index (χ0) is 18.0. The van der Waals surface area contributed by atoms with Gasteiger partial charge in [0.15, 0.2) is 0 Å². The third-order valence-electron chi connectivity index (χ3n) is 3.61. The molecule has 0 radical (unpaired) electrons. The van der Waals surface area contributed by atoms with Gasteiger partial charge in [-0.1, -0.05) is 41.2 Å². The molecule has 0 heterocycles. The highest BCUT2D eigenvalue weighted by atomic mass is 79.9. The average Bonchev–Trinajstić information content (AvgIpc) is 2.58. The van der Waals surface area contributed by atoms with Crippen LogP contribution in [0.5, 0.6) is 0 Å². The molecule has 2 aromatic carbocycles. The maximum absolute atomic E-state index is 9.27. The van der Waals surface area contributed by atoms with Gasteiger partial charge in [0.2, 0.25) is 0 Å². The molecule has 0 aliphatic rings. The standard InChI is InChI=1S/C18H12Br2N4/c1-3-9-5-10(7-21)17(23)12(4-2)14(9)15-13(19)6-11(8-22)18(24)16(15)20/h3-6H,1-2,23-24H2. The molecule has 0 aliphatic heterocycles. The van der Waals surface area contributed by atoms with Crippen molar-refractivity contribution < 1.29 is 0 Å². The SMILES string of the molecule is C=Cc1cc(C#N)c(N)c(C=C)c1-c1c(Br)cc(C#N)c(N)c1Br. The predicted octanol–water partition coefficient (Wildman–Crippen LogP) is 5.07. The van der Waals surface area contributed by atoms with Crippen molar-refractivity contribution in [3.63, 3.8) is 0 Å². The maximum Gasteiger partial charge on any atom is 0.101 e. The minimum atomic E-state index is 0.323. The molecule has 0 unspecified atom stereocenters. The van der Waals surface area contributed by atoms with Gasteiger partial charge in [0.1, 0.15) is 12.1 Å². The Morgan fingerprint density at radius 1 is 0.917 bits per heavy atom. The van der Waals surface area contributed by atoms with Crippen molar-refractivity contribution in [1.29, 1.82) is 10.5 Å². The fourth-order valence-corrected chi connectivity index (χ4v) is 3.96. The summed E-state index contributed by atoms with van der Waals surface area (Å²) in [5.74, 6) is 0. The summed E-state index contributed by atoms with van der Waals surface area (Å²) >= 11 is 6.95. The monoisotopic (exact) mass is 442 g/mol. The Morgan fingerprint density at radius 3 is 2.00 bits per heavy atom. The van der Waals surface area contributed by atoms with Gasteiger partial charge < -0.3 is 11.5 Å². The molecule has 2 rings (SSSR count). The summed E-state index contributed by atoms with van der Waals surface area (Å²) in [4.78, 5) is 0. The van der Waals surface area contributed by atoms with Gasteiger partial charge in [-0.25, -0.2) is 0 Å². The van der Waals surface area contributed by atoms with Gasteiger partial charge >= 0.3 is 0 Å². The second-order valence-corrected chi connectivity index (χ2v) is 6.50. The number of halogens is 2. The molecule has 0 saturated heterocycles. The van der Waals surface area contributed by atoms with Gasteiger partial charge in [-0.05, 0) is 33.6 Å². The lowest BCUT2D eigenvalue weighted by atomic mass is 9.90. The Bertz CT molecular complexity index is 963. The van der Waals surface area contributed by atoms with Crippen molar-refractivity contribution in [2.75, 3.05) is 11.5 Å². The summed E-state index contributed by atoms with van der Waals surface area (Å²) in [7, 11) is 0. The summed E-state index contributed by atoms with van der Waals surface area (Å²) in [6, 6.07) is 7.43. The van der Waals surface area contributed by atoms with E-state index in [4.69, 9.17) is 11.5 Å². The predicted molar refractivity (Wildman–Crippen MR) is 106 cm³/mol. The number of hydrogen-bond donors (Lipinski definition) is 2. The van der Waals surface area contributed by atoms with E-state index in [1.165, 1.54) is 0 Å². The van der Waals surface area contributed by atoms with E-state index >= 15 is 0 Å². The summed E-state index contributed by atoms with van der Waals surface area (Å²) in [5.41, 5.74) is 16.3. The zero-order valence-electron chi connectivity index (χ0n) is 12.5. The zero-order valence-corrected chi connectivity index (χ0v) is 15.7. The van der Waals surface area contributed by atoms with Crippen LogP contribution in [-0.2, 0) is 0 Å². The van der Waals surface area contributed by atoms with Crippen LogP contribution in [0.2, 0.25) is 0 Å². The van der Waals surface area contributed by atoms with Crippen LogP contribution in [0, 0.1) is 22.7 Å². The van der Waals surface area contributed by atoms with Crippen LogP contribution in [0.3, 0.4) is 0 Å².